The number of aliphatic hydroxyl groups excluding tert-OH is 1. The van der Waals surface area contributed by atoms with Crippen LogP contribution in [0.1, 0.15) is 36.6 Å². The van der Waals surface area contributed by atoms with Gasteiger partial charge in [-0.2, -0.15) is 0 Å². The molecule has 7 nitrogen and oxygen atoms in total. The van der Waals surface area contributed by atoms with E-state index in [1.807, 2.05) is 24.3 Å². The van der Waals surface area contributed by atoms with Gasteiger partial charge in [0, 0.05) is 12.1 Å². The SMILES string of the molecule is COc1ccc(/C(O)=C2/C(=O)C(=O)N(Cc3ccc(OCC(C)C)cc3)C2c2ccc(O)cc2)cc1Cl. The minimum Gasteiger partial charge on any atom is -0.508 e. The van der Waals surface area contributed by atoms with Crippen LogP contribution in [0.25, 0.3) is 5.76 Å². The zero-order chi connectivity index (χ0) is 26.7. The third kappa shape index (κ3) is 5.57. The molecule has 37 heavy (non-hydrogen) atoms. The molecule has 0 bridgehead atoms. The number of ether oxygens (including phenoxy) is 2. The van der Waals surface area contributed by atoms with E-state index in [2.05, 4.69) is 13.8 Å². The average molecular weight is 522 g/mol. The van der Waals surface area contributed by atoms with E-state index in [-0.39, 0.29) is 34.2 Å². The van der Waals surface area contributed by atoms with Gasteiger partial charge in [0.25, 0.3) is 11.7 Å². The molecule has 1 atom stereocenters. The number of halogens is 1. The Kier molecular flexibility index (Phi) is 7.74. The van der Waals surface area contributed by atoms with Crippen molar-refractivity contribution in [3.63, 3.8) is 0 Å². The van der Waals surface area contributed by atoms with Gasteiger partial charge in [-0.3, -0.25) is 9.59 Å². The third-order valence-corrected chi connectivity index (χ3v) is 6.33. The van der Waals surface area contributed by atoms with Crippen molar-refractivity contribution in [1.29, 1.82) is 0 Å². The van der Waals surface area contributed by atoms with Crippen LogP contribution >= 0.6 is 11.6 Å². The molecule has 192 valence electrons. The van der Waals surface area contributed by atoms with Gasteiger partial charge >= 0.3 is 0 Å². The summed E-state index contributed by atoms with van der Waals surface area (Å²) in [5.41, 5.74) is 1.57. The summed E-state index contributed by atoms with van der Waals surface area (Å²) in [5, 5.41) is 21.3. The lowest BCUT2D eigenvalue weighted by molar-refractivity contribution is -0.140. The molecule has 1 heterocycles. The number of benzene rings is 3. The Balaban J connectivity index is 1.74. The second kappa shape index (κ2) is 11.0. The number of hydrogen-bond acceptors (Lipinski definition) is 6. The number of rotatable bonds is 8. The molecule has 1 unspecified atom stereocenters. The van der Waals surface area contributed by atoms with Gasteiger partial charge in [0.2, 0.25) is 0 Å². The fourth-order valence-corrected chi connectivity index (χ4v) is 4.42. The smallest absolute Gasteiger partial charge is 0.295 e. The van der Waals surface area contributed by atoms with Crippen molar-refractivity contribution in [2.24, 2.45) is 5.92 Å². The molecule has 2 N–H and O–H groups in total. The van der Waals surface area contributed by atoms with Crippen LogP contribution in [-0.4, -0.2) is 40.5 Å². The number of likely N-dealkylation sites (tertiary alicyclic amines) is 1. The van der Waals surface area contributed by atoms with Crippen molar-refractivity contribution in [3.8, 4) is 17.2 Å². The van der Waals surface area contributed by atoms with E-state index in [9.17, 15) is 19.8 Å². The highest BCUT2D eigenvalue weighted by molar-refractivity contribution is 6.46. The van der Waals surface area contributed by atoms with Crippen molar-refractivity contribution >= 4 is 29.1 Å². The maximum absolute atomic E-state index is 13.2. The van der Waals surface area contributed by atoms with Crippen molar-refractivity contribution in [1.82, 2.24) is 4.90 Å². The monoisotopic (exact) mass is 521 g/mol. The topological polar surface area (TPSA) is 96.3 Å². The molecule has 0 saturated carbocycles. The Bertz CT molecular complexity index is 1330. The molecule has 0 spiro atoms. The van der Waals surface area contributed by atoms with E-state index < -0.39 is 17.7 Å². The minimum absolute atomic E-state index is 0.0413. The summed E-state index contributed by atoms with van der Waals surface area (Å²) in [6, 6.07) is 17.3. The van der Waals surface area contributed by atoms with Crippen LogP contribution < -0.4 is 9.47 Å². The second-order valence-corrected chi connectivity index (χ2v) is 9.62. The van der Waals surface area contributed by atoms with E-state index in [0.29, 0.717) is 29.6 Å². The first-order chi connectivity index (χ1) is 17.7. The first-order valence-electron chi connectivity index (χ1n) is 11.8. The normalized spacial score (nSPS) is 16.9. The van der Waals surface area contributed by atoms with Crippen LogP contribution in [0.15, 0.2) is 72.3 Å². The Morgan fingerprint density at radius 3 is 2.30 bits per heavy atom. The summed E-state index contributed by atoms with van der Waals surface area (Å²) < 4.78 is 10.9. The molecule has 3 aromatic carbocycles. The lowest BCUT2D eigenvalue weighted by Gasteiger charge is -2.25. The van der Waals surface area contributed by atoms with E-state index in [0.717, 1.165) is 5.56 Å². The number of nitrogens with zero attached hydrogens (tertiary/aromatic N) is 1. The predicted octanol–water partition coefficient (Wildman–Crippen LogP) is 5.71. The van der Waals surface area contributed by atoms with Crippen molar-refractivity contribution in [3.05, 3.63) is 94.0 Å². The summed E-state index contributed by atoms with van der Waals surface area (Å²) in [7, 11) is 1.47. The van der Waals surface area contributed by atoms with Crippen LogP contribution in [0.3, 0.4) is 0 Å². The van der Waals surface area contributed by atoms with Gasteiger partial charge in [0.1, 0.15) is 23.0 Å². The number of Topliss-reactive ketones (excluding diaryl/α,β-unsaturated/α-hetero) is 1. The van der Waals surface area contributed by atoms with E-state index in [4.69, 9.17) is 21.1 Å². The molecule has 3 aromatic rings. The molecule has 0 aliphatic carbocycles. The average Bonchev–Trinajstić information content (AvgIpc) is 3.13. The standard InChI is InChI=1S/C29H28ClNO6/c1-17(2)16-37-22-11-4-18(5-12-22)15-31-26(19-6-9-21(32)10-7-19)25(28(34)29(31)35)27(33)20-8-13-24(36-3)23(30)14-20/h4-14,17,26,32-33H,15-16H2,1-3H3/b27-25-. The summed E-state index contributed by atoms with van der Waals surface area (Å²) >= 11 is 6.25. The molecule has 1 fully saturated rings. The summed E-state index contributed by atoms with van der Waals surface area (Å²) in [6.07, 6.45) is 0. The van der Waals surface area contributed by atoms with Gasteiger partial charge in [0.15, 0.2) is 0 Å². The molecule has 0 aromatic heterocycles. The molecule has 8 heteroatoms. The third-order valence-electron chi connectivity index (χ3n) is 6.03. The highest BCUT2D eigenvalue weighted by Crippen LogP contribution is 2.41. The summed E-state index contributed by atoms with van der Waals surface area (Å²) in [5.74, 6) is -0.336. The first kappa shape index (κ1) is 26.1. The molecule has 1 amide bonds. The number of aromatic hydroxyl groups is 1. The van der Waals surface area contributed by atoms with Gasteiger partial charge < -0.3 is 24.6 Å². The van der Waals surface area contributed by atoms with Gasteiger partial charge in [-0.25, -0.2) is 0 Å². The zero-order valence-corrected chi connectivity index (χ0v) is 21.5. The number of methoxy groups -OCH3 is 1. The lowest BCUT2D eigenvalue weighted by atomic mass is 9.95. The maximum Gasteiger partial charge on any atom is 0.295 e. The van der Waals surface area contributed by atoms with E-state index >= 15 is 0 Å². The number of aliphatic hydroxyl groups is 1. The molecule has 1 aliphatic rings. The van der Waals surface area contributed by atoms with Gasteiger partial charge in [-0.1, -0.05) is 49.7 Å². The number of phenolic OH excluding ortho intramolecular Hbond substituents is 1. The van der Waals surface area contributed by atoms with Gasteiger partial charge in [0.05, 0.1) is 30.4 Å². The number of carbonyl (C=O) groups is 2. The number of ketones is 1. The lowest BCUT2D eigenvalue weighted by Crippen LogP contribution is -2.29. The van der Waals surface area contributed by atoms with Gasteiger partial charge in [-0.05, 0) is 59.5 Å². The van der Waals surface area contributed by atoms with Crippen LogP contribution in [0, 0.1) is 5.92 Å². The number of phenols is 1. The van der Waals surface area contributed by atoms with E-state index in [1.54, 1.807) is 24.3 Å². The molecular formula is C29H28ClNO6. The highest BCUT2D eigenvalue weighted by atomic mass is 35.5. The van der Waals surface area contributed by atoms with E-state index in [1.165, 1.54) is 30.2 Å². The summed E-state index contributed by atoms with van der Waals surface area (Å²) in [4.78, 5) is 27.9. The second-order valence-electron chi connectivity index (χ2n) is 9.22. The fourth-order valence-electron chi connectivity index (χ4n) is 4.17. The Morgan fingerprint density at radius 2 is 1.70 bits per heavy atom. The molecule has 1 saturated heterocycles. The summed E-state index contributed by atoms with van der Waals surface area (Å²) in [6.45, 7) is 4.84. The quantitative estimate of drug-likeness (QED) is 0.224. The Morgan fingerprint density at radius 1 is 1.03 bits per heavy atom. The van der Waals surface area contributed by atoms with Crippen LogP contribution in [0.5, 0.6) is 17.2 Å². The maximum atomic E-state index is 13.2. The van der Waals surface area contributed by atoms with Crippen molar-refractivity contribution in [2.45, 2.75) is 26.4 Å². The number of amides is 1. The fraction of sp³-hybridized carbons (Fsp3) is 0.241. The van der Waals surface area contributed by atoms with Gasteiger partial charge in [-0.15, -0.1) is 0 Å². The van der Waals surface area contributed by atoms with Crippen LogP contribution in [-0.2, 0) is 16.1 Å². The van der Waals surface area contributed by atoms with Crippen LogP contribution in [0.4, 0.5) is 0 Å². The van der Waals surface area contributed by atoms with Crippen molar-refractivity contribution in [2.75, 3.05) is 13.7 Å². The van der Waals surface area contributed by atoms with Crippen molar-refractivity contribution < 1.29 is 29.3 Å². The molecular weight excluding hydrogens is 494 g/mol. The zero-order valence-electron chi connectivity index (χ0n) is 20.8. The predicted molar refractivity (Wildman–Crippen MR) is 141 cm³/mol. The number of carbonyl (C=O) groups excluding carboxylic acids is 2. The van der Waals surface area contributed by atoms with Crippen LogP contribution in [0.2, 0.25) is 5.02 Å². The number of hydrogen-bond donors (Lipinski definition) is 2. The molecule has 1 aliphatic heterocycles. The molecule has 0 radical (unpaired) electrons. The first-order valence-corrected chi connectivity index (χ1v) is 12.2. The minimum atomic E-state index is -0.877. The Hall–Kier alpha value is -3.97. The largest absolute Gasteiger partial charge is 0.508 e. The Labute approximate surface area is 220 Å². The molecule has 4 rings (SSSR count). The highest BCUT2D eigenvalue weighted by Gasteiger charge is 2.46.